The van der Waals surface area contributed by atoms with Crippen molar-refractivity contribution in [2.45, 2.75) is 52.8 Å². The highest BCUT2D eigenvalue weighted by Gasteiger charge is 2.36. The van der Waals surface area contributed by atoms with Crippen molar-refractivity contribution < 1.29 is 59.4 Å². The van der Waals surface area contributed by atoms with Gasteiger partial charge in [0.1, 0.15) is 12.4 Å². The van der Waals surface area contributed by atoms with Gasteiger partial charge >= 0.3 is 27.8 Å². The van der Waals surface area contributed by atoms with E-state index in [-0.39, 0.29) is 50.8 Å². The maximum atomic E-state index is 14.3. The summed E-state index contributed by atoms with van der Waals surface area (Å²) in [4.78, 5) is 31.6. The molecular weight excluding hydrogens is 716 g/mol. The summed E-state index contributed by atoms with van der Waals surface area (Å²) in [5.74, 6) is -2.01. The second-order valence-electron chi connectivity index (χ2n) is 10.6. The van der Waals surface area contributed by atoms with E-state index in [0.717, 1.165) is 21.7 Å². The fourth-order valence-corrected chi connectivity index (χ4v) is 7.14. The Labute approximate surface area is 295 Å². The number of phosphoric acid groups is 2. The molecule has 0 aliphatic carbocycles. The van der Waals surface area contributed by atoms with Crippen molar-refractivity contribution in [2.24, 2.45) is 0 Å². The van der Waals surface area contributed by atoms with Gasteiger partial charge in [0.05, 0.1) is 45.2 Å². The number of fused-ring (bicyclic) bond motifs is 1. The van der Waals surface area contributed by atoms with E-state index >= 15 is 0 Å². The van der Waals surface area contributed by atoms with Crippen LogP contribution < -0.4 is 10.6 Å². The summed E-state index contributed by atoms with van der Waals surface area (Å²) < 4.78 is 92.4. The number of likely N-dealkylation sites (N-methyl/N-ethyl adjacent to an activating group) is 1. The van der Waals surface area contributed by atoms with Crippen molar-refractivity contribution in [3.63, 3.8) is 0 Å². The fourth-order valence-electron chi connectivity index (χ4n) is 4.59. The highest BCUT2D eigenvalue weighted by Crippen LogP contribution is 2.53. The van der Waals surface area contributed by atoms with Crippen LogP contribution in [0.4, 0.5) is 24.2 Å². The summed E-state index contributed by atoms with van der Waals surface area (Å²) in [5, 5.41) is 6.70. The topological polar surface area (TPSA) is 173 Å². The van der Waals surface area contributed by atoms with Crippen LogP contribution in [0.15, 0.2) is 54.7 Å². The van der Waals surface area contributed by atoms with Gasteiger partial charge < -0.3 is 15.0 Å². The van der Waals surface area contributed by atoms with Gasteiger partial charge in [-0.15, -0.1) is 0 Å². The minimum atomic E-state index is -4.24. The summed E-state index contributed by atoms with van der Waals surface area (Å²) >= 11 is 0. The Morgan fingerprint density at radius 2 is 1.47 bits per heavy atom. The fraction of sp³-hybridized carbons (Fsp3) is 0.469. The molecule has 282 valence electrons. The molecule has 0 radical (unpaired) electrons. The second-order valence-corrected chi connectivity index (χ2v) is 13.9. The molecule has 0 aliphatic heterocycles. The Balaban J connectivity index is 1.87. The van der Waals surface area contributed by atoms with Crippen molar-refractivity contribution in [3.8, 4) is 0 Å². The quantitative estimate of drug-likeness (QED) is 0.103. The van der Waals surface area contributed by atoms with E-state index in [4.69, 9.17) is 31.9 Å². The third-order valence-corrected chi connectivity index (χ3v) is 10.3. The zero-order valence-electron chi connectivity index (χ0n) is 29.0. The molecule has 0 saturated carbocycles. The average molecular weight is 761 g/mol. The van der Waals surface area contributed by atoms with E-state index in [1.165, 1.54) is 19.2 Å². The number of benzene rings is 2. The van der Waals surface area contributed by atoms with Crippen LogP contribution in [-0.4, -0.2) is 80.8 Å². The lowest BCUT2D eigenvalue weighted by Crippen LogP contribution is -2.47. The number of urea groups is 1. The molecule has 0 aliphatic rings. The minimum absolute atomic E-state index is 0.0222. The number of phosphoric ester groups is 2. The van der Waals surface area contributed by atoms with Gasteiger partial charge in [-0.3, -0.25) is 32.5 Å². The van der Waals surface area contributed by atoms with Crippen LogP contribution in [0, 0.1) is 11.6 Å². The first-order chi connectivity index (χ1) is 24.4. The Bertz CT molecular complexity index is 1670. The SMILES string of the molecule is CCOP(=O)(OCC)OC[C@@H](C[C@@H](COC(=O)Nc1cc2ccccc2cn1)N(C)C(=O)NCc1cccc(F)c1F)OP(=O)(OCC)OCC. The number of aromatic nitrogens is 1. The van der Waals surface area contributed by atoms with Gasteiger partial charge in [-0.1, -0.05) is 36.4 Å². The van der Waals surface area contributed by atoms with E-state index in [1.54, 1.807) is 40.0 Å². The Morgan fingerprint density at radius 1 is 0.843 bits per heavy atom. The molecular formula is C32H44F2N4O11P2. The summed E-state index contributed by atoms with van der Waals surface area (Å²) in [6, 6.07) is 10.7. The number of halogens is 2. The Hall–Kier alpha value is -3.53. The van der Waals surface area contributed by atoms with Crippen molar-refractivity contribution in [2.75, 3.05) is 52.0 Å². The molecule has 0 spiro atoms. The van der Waals surface area contributed by atoms with Crippen LogP contribution in [0.1, 0.15) is 39.7 Å². The van der Waals surface area contributed by atoms with E-state index in [1.807, 2.05) is 24.3 Å². The molecule has 0 unspecified atom stereocenters. The molecule has 0 fully saturated rings. The molecule has 51 heavy (non-hydrogen) atoms. The van der Waals surface area contributed by atoms with Crippen LogP contribution >= 0.6 is 15.6 Å². The molecule has 2 atom stereocenters. The second kappa shape index (κ2) is 20.5. The molecule has 3 rings (SSSR count). The molecule has 3 aromatic rings. The highest BCUT2D eigenvalue weighted by molar-refractivity contribution is 7.48. The summed E-state index contributed by atoms with van der Waals surface area (Å²) in [7, 11) is -7.00. The first kappa shape index (κ1) is 41.9. The number of ether oxygens (including phenoxy) is 1. The molecule has 19 heteroatoms. The van der Waals surface area contributed by atoms with Crippen molar-refractivity contribution in [1.29, 1.82) is 0 Å². The number of hydrogen-bond donors (Lipinski definition) is 2. The standard InChI is InChI=1S/C32H44F2N4O11P2/c1-6-44-50(41,45-7-2)48-22-27(49-51(42,46-8-3)47-9-4)18-26(38(5)31(39)36-20-25-15-12-16-28(33)30(25)34)21-43-32(40)37-29-17-23-13-10-11-14-24(23)19-35-29/h10-17,19,26-27H,6-9,18,20-22H2,1-5H3,(H,36,39)(H,35,37,40)/t26-,27+/m0/s1. The van der Waals surface area contributed by atoms with E-state index in [0.29, 0.717) is 0 Å². The molecule has 1 aromatic heterocycles. The lowest BCUT2D eigenvalue weighted by atomic mass is 10.1. The highest BCUT2D eigenvalue weighted by atomic mass is 31.2. The molecule has 2 N–H and O–H groups in total. The third-order valence-electron chi connectivity index (χ3n) is 6.98. The normalized spacial score (nSPS) is 13.1. The molecule has 0 bridgehead atoms. The maximum absolute atomic E-state index is 14.3. The number of anilines is 1. The van der Waals surface area contributed by atoms with Gasteiger partial charge in [0, 0.05) is 37.2 Å². The van der Waals surface area contributed by atoms with Crippen LogP contribution in [0.5, 0.6) is 0 Å². The number of rotatable bonds is 21. The Morgan fingerprint density at radius 3 is 2.12 bits per heavy atom. The number of carbonyl (C=O) groups excluding carboxylic acids is 2. The van der Waals surface area contributed by atoms with Crippen LogP contribution in [0.3, 0.4) is 0 Å². The average Bonchev–Trinajstić information content (AvgIpc) is 3.09. The van der Waals surface area contributed by atoms with Gasteiger partial charge in [-0.2, -0.15) is 0 Å². The molecule has 1 heterocycles. The lowest BCUT2D eigenvalue weighted by Gasteiger charge is -2.32. The lowest BCUT2D eigenvalue weighted by molar-refractivity contribution is 0.0189. The van der Waals surface area contributed by atoms with Crippen molar-refractivity contribution in [3.05, 3.63) is 71.9 Å². The predicted octanol–water partition coefficient (Wildman–Crippen LogP) is 7.43. The van der Waals surface area contributed by atoms with E-state index < -0.39 is 64.8 Å². The number of nitrogens with one attached hydrogen (secondary N) is 2. The van der Waals surface area contributed by atoms with E-state index in [2.05, 4.69) is 15.6 Å². The van der Waals surface area contributed by atoms with Gasteiger partial charge in [-0.25, -0.2) is 32.5 Å². The zero-order valence-corrected chi connectivity index (χ0v) is 30.8. The third kappa shape index (κ3) is 13.2. The number of nitrogens with zero attached hydrogens (tertiary/aromatic N) is 2. The number of amides is 3. The summed E-state index contributed by atoms with van der Waals surface area (Å²) in [6.45, 7) is 4.72. The number of hydrogen-bond acceptors (Lipinski definition) is 12. The monoisotopic (exact) mass is 760 g/mol. The minimum Gasteiger partial charge on any atom is -0.447 e. The van der Waals surface area contributed by atoms with E-state index in [9.17, 15) is 27.5 Å². The molecule has 0 saturated heterocycles. The molecule has 2 aromatic carbocycles. The van der Waals surface area contributed by atoms with Crippen LogP contribution in [0.25, 0.3) is 10.8 Å². The summed E-state index contributed by atoms with van der Waals surface area (Å²) in [6.07, 6.45) is -0.910. The van der Waals surface area contributed by atoms with Crippen molar-refractivity contribution >= 4 is 44.4 Å². The first-order valence-electron chi connectivity index (χ1n) is 16.2. The smallest absolute Gasteiger partial charge is 0.447 e. The number of carbonyl (C=O) groups is 2. The van der Waals surface area contributed by atoms with Gasteiger partial charge in [0.25, 0.3) is 0 Å². The first-order valence-corrected chi connectivity index (χ1v) is 19.1. The largest absolute Gasteiger partial charge is 0.475 e. The van der Waals surface area contributed by atoms with Crippen LogP contribution in [0.2, 0.25) is 0 Å². The zero-order chi connectivity index (χ0) is 37.4. The molecule has 15 nitrogen and oxygen atoms in total. The number of pyridine rings is 1. The predicted molar refractivity (Wildman–Crippen MR) is 184 cm³/mol. The van der Waals surface area contributed by atoms with Crippen LogP contribution in [-0.2, 0) is 47.6 Å². The Kier molecular flexibility index (Phi) is 16.8. The summed E-state index contributed by atoms with van der Waals surface area (Å²) in [5.41, 5.74) is -0.113. The molecule has 3 amide bonds. The van der Waals surface area contributed by atoms with Gasteiger partial charge in [-0.05, 0) is 45.2 Å². The van der Waals surface area contributed by atoms with Gasteiger partial charge in [0.2, 0.25) is 0 Å². The van der Waals surface area contributed by atoms with Crippen molar-refractivity contribution in [1.82, 2.24) is 15.2 Å². The maximum Gasteiger partial charge on any atom is 0.475 e. The van der Waals surface area contributed by atoms with Gasteiger partial charge in [0.15, 0.2) is 11.6 Å².